The van der Waals surface area contributed by atoms with Crippen molar-refractivity contribution in [1.29, 1.82) is 0 Å². The summed E-state index contributed by atoms with van der Waals surface area (Å²) in [6.07, 6.45) is 1.16. The molecule has 2 rings (SSSR count). The fourth-order valence-electron chi connectivity index (χ4n) is 2.76. The van der Waals surface area contributed by atoms with Gasteiger partial charge in [-0.1, -0.05) is 26.3 Å². The van der Waals surface area contributed by atoms with Crippen molar-refractivity contribution in [3.8, 4) is 0 Å². The Morgan fingerprint density at radius 3 is 2.62 bits per heavy atom. The van der Waals surface area contributed by atoms with E-state index in [1.165, 1.54) is 11.6 Å². The Morgan fingerprint density at radius 1 is 1.31 bits per heavy atom. The molecule has 1 aromatic carbocycles. The van der Waals surface area contributed by atoms with Gasteiger partial charge in [0.2, 0.25) is 5.91 Å². The van der Waals surface area contributed by atoms with E-state index in [2.05, 4.69) is 10.3 Å². The predicted octanol–water partition coefficient (Wildman–Crippen LogP) is 0.775. The zero-order valence-electron chi connectivity index (χ0n) is 15.0. The van der Waals surface area contributed by atoms with Gasteiger partial charge in [0.25, 0.3) is 0 Å². The van der Waals surface area contributed by atoms with Crippen molar-refractivity contribution in [2.45, 2.75) is 39.2 Å². The van der Waals surface area contributed by atoms with Gasteiger partial charge in [0, 0.05) is 13.5 Å². The first-order chi connectivity index (χ1) is 12.2. The molecule has 0 aliphatic carbocycles. The number of benzene rings is 1. The van der Waals surface area contributed by atoms with Crippen LogP contribution in [0.5, 0.6) is 0 Å². The first kappa shape index (κ1) is 19.4. The number of rotatable bonds is 7. The number of carboxylic acids is 1. The molecular formula is C18H23N3O5. The molecule has 140 valence electrons. The number of H-pyrrole nitrogens is 1. The van der Waals surface area contributed by atoms with Crippen molar-refractivity contribution >= 4 is 22.9 Å². The SMILES string of the molecule is CC[C@H](C)[C@H](NC(=O)CCc1ccc2c(c1)[nH]c(=O)c(=O)n2C)C(=O)O. The van der Waals surface area contributed by atoms with E-state index >= 15 is 0 Å². The Balaban J connectivity index is 2.10. The molecule has 1 aromatic heterocycles. The number of aromatic amines is 1. The highest BCUT2D eigenvalue weighted by Crippen LogP contribution is 2.13. The summed E-state index contributed by atoms with van der Waals surface area (Å²) in [5.74, 6) is -1.55. The van der Waals surface area contributed by atoms with Crippen LogP contribution >= 0.6 is 0 Å². The Kier molecular flexibility index (Phi) is 5.97. The number of nitrogens with one attached hydrogen (secondary N) is 2. The molecule has 0 saturated heterocycles. The first-order valence-electron chi connectivity index (χ1n) is 8.48. The lowest BCUT2D eigenvalue weighted by Crippen LogP contribution is -2.45. The molecule has 0 aliphatic heterocycles. The summed E-state index contributed by atoms with van der Waals surface area (Å²) in [6, 6.07) is 4.29. The minimum atomic E-state index is -1.04. The third-order valence-corrected chi connectivity index (χ3v) is 4.61. The fraction of sp³-hybridized carbons (Fsp3) is 0.444. The van der Waals surface area contributed by atoms with Gasteiger partial charge in [-0.15, -0.1) is 0 Å². The van der Waals surface area contributed by atoms with Crippen LogP contribution in [-0.4, -0.2) is 32.6 Å². The van der Waals surface area contributed by atoms with Crippen LogP contribution in [0.25, 0.3) is 11.0 Å². The number of nitrogens with zero attached hydrogens (tertiary/aromatic N) is 1. The number of aryl methyl sites for hydroxylation is 2. The smallest absolute Gasteiger partial charge is 0.326 e. The number of hydrogen-bond donors (Lipinski definition) is 3. The second-order valence-electron chi connectivity index (χ2n) is 6.44. The van der Waals surface area contributed by atoms with Crippen LogP contribution in [0.15, 0.2) is 27.8 Å². The lowest BCUT2D eigenvalue weighted by atomic mass is 9.99. The number of amides is 1. The molecule has 0 radical (unpaired) electrons. The van der Waals surface area contributed by atoms with E-state index in [-0.39, 0.29) is 18.2 Å². The standard InChI is InChI=1S/C18H23N3O5/c1-4-10(2)15(18(25)26)20-14(22)8-6-11-5-7-13-12(9-11)19-16(23)17(24)21(13)3/h5,7,9-10,15H,4,6,8H2,1-3H3,(H,19,23)(H,20,22)(H,25,26)/t10-,15-/m0/s1. The third kappa shape index (κ3) is 4.19. The number of carbonyl (C=O) groups is 2. The van der Waals surface area contributed by atoms with Gasteiger partial charge in [-0.05, 0) is 30.0 Å². The molecule has 0 spiro atoms. The minimum Gasteiger partial charge on any atom is -0.480 e. The summed E-state index contributed by atoms with van der Waals surface area (Å²) in [7, 11) is 1.52. The Labute approximate surface area is 149 Å². The Hall–Kier alpha value is -2.90. The van der Waals surface area contributed by atoms with E-state index in [1.54, 1.807) is 25.1 Å². The molecule has 1 amide bonds. The summed E-state index contributed by atoms with van der Waals surface area (Å²) in [5, 5.41) is 11.8. The average Bonchev–Trinajstić information content (AvgIpc) is 2.61. The van der Waals surface area contributed by atoms with Gasteiger partial charge >= 0.3 is 17.1 Å². The minimum absolute atomic E-state index is 0.127. The molecule has 2 aromatic rings. The van der Waals surface area contributed by atoms with Crippen LogP contribution in [0.2, 0.25) is 0 Å². The van der Waals surface area contributed by atoms with Crippen LogP contribution in [0, 0.1) is 5.92 Å². The molecule has 3 N–H and O–H groups in total. The maximum atomic E-state index is 12.1. The third-order valence-electron chi connectivity index (χ3n) is 4.61. The van der Waals surface area contributed by atoms with Crippen LogP contribution in [0.3, 0.4) is 0 Å². The van der Waals surface area contributed by atoms with E-state index in [0.717, 1.165) is 5.56 Å². The van der Waals surface area contributed by atoms with Crippen molar-refractivity contribution in [1.82, 2.24) is 14.9 Å². The molecule has 0 bridgehead atoms. The van der Waals surface area contributed by atoms with Gasteiger partial charge in [0.15, 0.2) is 0 Å². The van der Waals surface area contributed by atoms with Crippen LogP contribution in [-0.2, 0) is 23.1 Å². The Bertz CT molecular complexity index is 944. The summed E-state index contributed by atoms with van der Waals surface area (Å²) in [5.41, 5.74) is 0.572. The highest BCUT2D eigenvalue weighted by atomic mass is 16.4. The largest absolute Gasteiger partial charge is 0.480 e. The highest BCUT2D eigenvalue weighted by Gasteiger charge is 2.24. The number of aromatic nitrogens is 2. The van der Waals surface area contributed by atoms with Gasteiger partial charge in [-0.2, -0.15) is 0 Å². The quantitative estimate of drug-likeness (QED) is 0.629. The molecule has 0 fully saturated rings. The molecule has 0 unspecified atom stereocenters. The summed E-state index contributed by atoms with van der Waals surface area (Å²) >= 11 is 0. The molecule has 2 atom stereocenters. The molecule has 0 aliphatic rings. The zero-order valence-corrected chi connectivity index (χ0v) is 15.0. The number of hydrogen-bond acceptors (Lipinski definition) is 4. The maximum absolute atomic E-state index is 12.1. The fourth-order valence-corrected chi connectivity index (χ4v) is 2.76. The highest BCUT2D eigenvalue weighted by molar-refractivity contribution is 5.84. The number of carbonyl (C=O) groups excluding carboxylic acids is 1. The summed E-state index contributed by atoms with van der Waals surface area (Å²) in [4.78, 5) is 49.1. The molecule has 26 heavy (non-hydrogen) atoms. The van der Waals surface area contributed by atoms with Crippen LogP contribution < -0.4 is 16.4 Å². The molecule has 1 heterocycles. The molecular weight excluding hydrogens is 338 g/mol. The lowest BCUT2D eigenvalue weighted by molar-refractivity contribution is -0.143. The number of aliphatic carboxylic acids is 1. The average molecular weight is 361 g/mol. The van der Waals surface area contributed by atoms with Gasteiger partial charge in [-0.3, -0.25) is 14.4 Å². The first-order valence-corrected chi connectivity index (χ1v) is 8.48. The van der Waals surface area contributed by atoms with Crippen LogP contribution in [0.4, 0.5) is 0 Å². The number of fused-ring (bicyclic) bond motifs is 1. The molecule has 8 heteroatoms. The van der Waals surface area contributed by atoms with E-state index in [9.17, 15) is 24.3 Å². The van der Waals surface area contributed by atoms with Gasteiger partial charge < -0.3 is 20.0 Å². The number of carboxylic acid groups (broad SMARTS) is 1. The van der Waals surface area contributed by atoms with E-state index in [0.29, 0.717) is 23.9 Å². The van der Waals surface area contributed by atoms with E-state index in [4.69, 9.17) is 0 Å². The molecule has 0 saturated carbocycles. The normalized spacial score (nSPS) is 13.3. The van der Waals surface area contributed by atoms with Crippen molar-refractivity contribution in [2.75, 3.05) is 0 Å². The second-order valence-corrected chi connectivity index (χ2v) is 6.44. The van der Waals surface area contributed by atoms with Gasteiger partial charge in [0.05, 0.1) is 11.0 Å². The Morgan fingerprint density at radius 2 is 2.00 bits per heavy atom. The topological polar surface area (TPSA) is 121 Å². The summed E-state index contributed by atoms with van der Waals surface area (Å²) < 4.78 is 1.27. The maximum Gasteiger partial charge on any atom is 0.326 e. The molecule has 8 nitrogen and oxygen atoms in total. The van der Waals surface area contributed by atoms with Gasteiger partial charge in [0.1, 0.15) is 6.04 Å². The van der Waals surface area contributed by atoms with Crippen molar-refractivity contribution < 1.29 is 14.7 Å². The zero-order chi connectivity index (χ0) is 19.4. The summed E-state index contributed by atoms with van der Waals surface area (Å²) in [6.45, 7) is 3.65. The van der Waals surface area contributed by atoms with E-state index < -0.39 is 23.1 Å². The van der Waals surface area contributed by atoms with Crippen molar-refractivity contribution in [2.24, 2.45) is 13.0 Å². The van der Waals surface area contributed by atoms with Gasteiger partial charge in [-0.25, -0.2) is 4.79 Å². The monoisotopic (exact) mass is 361 g/mol. The second kappa shape index (κ2) is 7.99. The van der Waals surface area contributed by atoms with E-state index in [1.807, 2.05) is 6.92 Å². The predicted molar refractivity (Wildman–Crippen MR) is 97.2 cm³/mol. The van der Waals surface area contributed by atoms with Crippen molar-refractivity contribution in [3.05, 3.63) is 44.5 Å². The van der Waals surface area contributed by atoms with Crippen LogP contribution in [0.1, 0.15) is 32.3 Å². The lowest BCUT2D eigenvalue weighted by Gasteiger charge is -2.20. The van der Waals surface area contributed by atoms with Crippen molar-refractivity contribution in [3.63, 3.8) is 0 Å².